The smallest absolute Gasteiger partial charge is 0.0599 e. The predicted octanol–water partition coefficient (Wildman–Crippen LogP) is 1.84. The third kappa shape index (κ3) is 2.05. The monoisotopic (exact) mass is 164 g/mol. The second-order valence-electron chi connectivity index (χ2n) is 3.62. The van der Waals surface area contributed by atoms with Gasteiger partial charge < -0.3 is 5.73 Å². The van der Waals surface area contributed by atoms with Crippen molar-refractivity contribution in [3.05, 3.63) is 29.6 Å². The Bertz CT molecular complexity index is 261. The Labute approximate surface area is 73.8 Å². The minimum absolute atomic E-state index is 0.328. The summed E-state index contributed by atoms with van der Waals surface area (Å²) in [6.45, 7) is 6.06. The minimum Gasteiger partial charge on any atom is -0.321 e. The van der Waals surface area contributed by atoms with Crippen LogP contribution in [0.1, 0.15) is 32.0 Å². The summed E-state index contributed by atoms with van der Waals surface area (Å²) in [5, 5.41) is 0. The van der Waals surface area contributed by atoms with Crippen molar-refractivity contribution in [3.63, 3.8) is 0 Å². The molecule has 0 unspecified atom stereocenters. The first-order valence-corrected chi connectivity index (χ1v) is 4.28. The van der Waals surface area contributed by atoms with E-state index >= 15 is 0 Å². The molecule has 1 heterocycles. The zero-order chi connectivity index (χ0) is 9.19. The van der Waals surface area contributed by atoms with E-state index in [0.29, 0.717) is 0 Å². The molecule has 0 aliphatic rings. The highest BCUT2D eigenvalue weighted by atomic mass is 14.8. The first-order valence-electron chi connectivity index (χ1n) is 4.28. The number of rotatable bonds is 2. The van der Waals surface area contributed by atoms with Crippen molar-refractivity contribution >= 4 is 0 Å². The van der Waals surface area contributed by atoms with Gasteiger partial charge in [0.05, 0.1) is 11.2 Å². The number of hydrogen-bond donors (Lipinski definition) is 1. The van der Waals surface area contributed by atoms with E-state index in [4.69, 9.17) is 5.73 Å². The summed E-state index contributed by atoms with van der Waals surface area (Å²) in [5.41, 5.74) is 7.84. The van der Waals surface area contributed by atoms with Gasteiger partial charge in [-0.05, 0) is 38.0 Å². The molecule has 12 heavy (non-hydrogen) atoms. The van der Waals surface area contributed by atoms with Crippen molar-refractivity contribution in [2.75, 3.05) is 0 Å². The van der Waals surface area contributed by atoms with Crippen LogP contribution in [-0.2, 0) is 12.0 Å². The number of pyridine rings is 1. The van der Waals surface area contributed by atoms with Gasteiger partial charge in [-0.3, -0.25) is 4.98 Å². The van der Waals surface area contributed by atoms with Crippen molar-refractivity contribution in [1.29, 1.82) is 0 Å². The maximum Gasteiger partial charge on any atom is 0.0599 e. The molecule has 0 saturated carbocycles. The lowest BCUT2D eigenvalue weighted by atomic mass is 10.00. The first kappa shape index (κ1) is 9.20. The van der Waals surface area contributed by atoms with Gasteiger partial charge in [0, 0.05) is 6.20 Å². The highest BCUT2D eigenvalue weighted by Gasteiger charge is 2.15. The van der Waals surface area contributed by atoms with Crippen LogP contribution in [0.15, 0.2) is 18.3 Å². The van der Waals surface area contributed by atoms with Crippen LogP contribution in [0.3, 0.4) is 0 Å². The Morgan fingerprint density at radius 1 is 1.50 bits per heavy atom. The van der Waals surface area contributed by atoms with Crippen molar-refractivity contribution in [3.8, 4) is 0 Å². The average molecular weight is 164 g/mol. The van der Waals surface area contributed by atoms with Gasteiger partial charge in [-0.1, -0.05) is 6.92 Å². The Morgan fingerprint density at radius 2 is 2.17 bits per heavy atom. The zero-order valence-electron chi connectivity index (χ0n) is 7.96. The molecule has 0 aliphatic carbocycles. The summed E-state index contributed by atoms with van der Waals surface area (Å²) < 4.78 is 0. The van der Waals surface area contributed by atoms with Crippen LogP contribution in [-0.4, -0.2) is 4.98 Å². The summed E-state index contributed by atoms with van der Waals surface area (Å²) in [4.78, 5) is 4.23. The molecule has 0 aromatic carbocycles. The second-order valence-corrected chi connectivity index (χ2v) is 3.62. The molecular weight excluding hydrogens is 148 g/mol. The van der Waals surface area contributed by atoms with Crippen molar-refractivity contribution in [2.24, 2.45) is 5.73 Å². The van der Waals surface area contributed by atoms with Crippen molar-refractivity contribution in [1.82, 2.24) is 4.98 Å². The molecule has 0 atom stereocenters. The SMILES string of the molecule is CCc1ccnc(C(C)(C)N)c1. The van der Waals surface area contributed by atoms with E-state index in [-0.39, 0.29) is 5.54 Å². The molecule has 0 spiro atoms. The number of aryl methyl sites for hydroxylation is 1. The first-order chi connectivity index (χ1) is 5.54. The van der Waals surface area contributed by atoms with Crippen molar-refractivity contribution < 1.29 is 0 Å². The fourth-order valence-corrected chi connectivity index (χ4v) is 1.05. The highest BCUT2D eigenvalue weighted by Crippen LogP contribution is 2.14. The van der Waals surface area contributed by atoms with Gasteiger partial charge in [-0.2, -0.15) is 0 Å². The summed E-state index contributed by atoms with van der Waals surface area (Å²) in [6.07, 6.45) is 2.86. The summed E-state index contributed by atoms with van der Waals surface area (Å²) >= 11 is 0. The van der Waals surface area contributed by atoms with Gasteiger partial charge in [0.15, 0.2) is 0 Å². The number of aromatic nitrogens is 1. The molecule has 0 saturated heterocycles. The van der Waals surface area contributed by atoms with Gasteiger partial charge in [-0.15, -0.1) is 0 Å². The van der Waals surface area contributed by atoms with Gasteiger partial charge >= 0.3 is 0 Å². The molecule has 0 aliphatic heterocycles. The number of hydrogen-bond acceptors (Lipinski definition) is 2. The quantitative estimate of drug-likeness (QED) is 0.724. The molecule has 1 aromatic heterocycles. The Hall–Kier alpha value is -0.890. The fourth-order valence-electron chi connectivity index (χ4n) is 1.05. The average Bonchev–Trinajstić information content (AvgIpc) is 2.03. The summed E-state index contributed by atoms with van der Waals surface area (Å²) in [7, 11) is 0. The van der Waals surface area contributed by atoms with E-state index in [0.717, 1.165) is 12.1 Å². The van der Waals surface area contributed by atoms with E-state index < -0.39 is 0 Å². The third-order valence-corrected chi connectivity index (χ3v) is 1.89. The molecule has 2 nitrogen and oxygen atoms in total. The lowest BCUT2D eigenvalue weighted by Crippen LogP contribution is -2.29. The van der Waals surface area contributed by atoms with Crippen LogP contribution < -0.4 is 5.73 Å². The molecule has 66 valence electrons. The molecule has 0 fully saturated rings. The molecule has 0 bridgehead atoms. The van der Waals surface area contributed by atoms with Crippen LogP contribution in [0.4, 0.5) is 0 Å². The van der Waals surface area contributed by atoms with E-state index in [2.05, 4.69) is 18.0 Å². The maximum absolute atomic E-state index is 5.92. The summed E-state index contributed by atoms with van der Waals surface area (Å²) in [5.74, 6) is 0. The summed E-state index contributed by atoms with van der Waals surface area (Å²) in [6, 6.07) is 4.09. The minimum atomic E-state index is -0.328. The molecule has 0 radical (unpaired) electrons. The lowest BCUT2D eigenvalue weighted by molar-refractivity contribution is 0.534. The molecule has 2 N–H and O–H groups in total. The molecule has 1 rings (SSSR count). The van der Waals surface area contributed by atoms with Crippen LogP contribution >= 0.6 is 0 Å². The molecular formula is C10H16N2. The van der Waals surface area contributed by atoms with E-state index in [9.17, 15) is 0 Å². The molecule has 0 amide bonds. The van der Waals surface area contributed by atoms with E-state index in [1.54, 1.807) is 0 Å². The third-order valence-electron chi connectivity index (χ3n) is 1.89. The molecule has 1 aromatic rings. The highest BCUT2D eigenvalue weighted by molar-refractivity contribution is 5.20. The van der Waals surface area contributed by atoms with Crippen LogP contribution in [0.2, 0.25) is 0 Å². The standard InChI is InChI=1S/C10H16N2/c1-4-8-5-6-12-9(7-8)10(2,3)11/h5-7H,4,11H2,1-3H3. The lowest BCUT2D eigenvalue weighted by Gasteiger charge is -2.18. The number of nitrogens with zero attached hydrogens (tertiary/aromatic N) is 1. The van der Waals surface area contributed by atoms with Gasteiger partial charge in [0.25, 0.3) is 0 Å². The van der Waals surface area contributed by atoms with E-state index in [1.165, 1.54) is 5.56 Å². The normalized spacial score (nSPS) is 11.7. The number of nitrogens with two attached hydrogens (primary N) is 1. The maximum atomic E-state index is 5.92. The topological polar surface area (TPSA) is 38.9 Å². The van der Waals surface area contributed by atoms with Crippen LogP contribution in [0, 0.1) is 0 Å². The van der Waals surface area contributed by atoms with E-state index in [1.807, 2.05) is 26.1 Å². The Kier molecular flexibility index (Phi) is 2.48. The van der Waals surface area contributed by atoms with Crippen LogP contribution in [0.25, 0.3) is 0 Å². The fraction of sp³-hybridized carbons (Fsp3) is 0.500. The Balaban J connectivity index is 3.02. The largest absolute Gasteiger partial charge is 0.321 e. The van der Waals surface area contributed by atoms with Gasteiger partial charge in [0.2, 0.25) is 0 Å². The predicted molar refractivity (Wildman–Crippen MR) is 50.8 cm³/mol. The Morgan fingerprint density at radius 3 is 2.67 bits per heavy atom. The zero-order valence-corrected chi connectivity index (χ0v) is 7.96. The molecule has 2 heteroatoms. The second kappa shape index (κ2) is 3.23. The van der Waals surface area contributed by atoms with Gasteiger partial charge in [0.1, 0.15) is 0 Å². The van der Waals surface area contributed by atoms with Crippen molar-refractivity contribution in [2.45, 2.75) is 32.7 Å². The van der Waals surface area contributed by atoms with Crippen LogP contribution in [0.5, 0.6) is 0 Å². The van der Waals surface area contributed by atoms with Gasteiger partial charge in [-0.25, -0.2) is 0 Å².